The lowest BCUT2D eigenvalue weighted by Gasteiger charge is -2.13. The first-order valence-electron chi connectivity index (χ1n) is 9.22. The molecule has 2 aromatic carbocycles. The van der Waals surface area contributed by atoms with E-state index in [0.717, 1.165) is 27.9 Å². The highest BCUT2D eigenvalue weighted by Crippen LogP contribution is 2.29. The van der Waals surface area contributed by atoms with Gasteiger partial charge >= 0.3 is 0 Å². The lowest BCUT2D eigenvalue weighted by Crippen LogP contribution is -2.14. The fourth-order valence-electron chi connectivity index (χ4n) is 3.15. The van der Waals surface area contributed by atoms with E-state index in [-0.39, 0.29) is 11.8 Å². The molecule has 1 aromatic heterocycles. The Kier molecular flexibility index (Phi) is 5.94. The molecule has 28 heavy (non-hydrogen) atoms. The van der Waals surface area contributed by atoms with Crippen LogP contribution in [0.3, 0.4) is 0 Å². The number of aromatic nitrogens is 1. The van der Waals surface area contributed by atoms with Gasteiger partial charge in [-0.2, -0.15) is 0 Å². The molecule has 3 aromatic rings. The quantitative estimate of drug-likeness (QED) is 0.484. The van der Waals surface area contributed by atoms with Crippen LogP contribution >= 0.6 is 0 Å². The van der Waals surface area contributed by atoms with Crippen molar-refractivity contribution in [3.63, 3.8) is 0 Å². The molecule has 0 saturated carbocycles. The van der Waals surface area contributed by atoms with Crippen LogP contribution in [0.25, 0.3) is 11.1 Å². The van der Waals surface area contributed by atoms with E-state index in [1.54, 1.807) is 6.21 Å². The van der Waals surface area contributed by atoms with Gasteiger partial charge in [-0.3, -0.25) is 4.79 Å². The third-order valence-electron chi connectivity index (χ3n) is 4.56. The van der Waals surface area contributed by atoms with E-state index in [1.807, 2.05) is 72.5 Å². The number of carbonyl (C=O) groups excluding carboxylic acids is 1. The van der Waals surface area contributed by atoms with Crippen molar-refractivity contribution in [2.75, 3.05) is 12.4 Å². The van der Waals surface area contributed by atoms with Crippen LogP contribution in [0.5, 0.6) is 0 Å². The molecule has 0 spiro atoms. The SMILES string of the molecule is CON=Cc1ccc(-c2ccccc2NC(=O)c2cn(C)cc2C(C)C)cc1. The molecule has 1 heterocycles. The number of hydrogen-bond donors (Lipinski definition) is 1. The molecule has 0 aliphatic carbocycles. The fourth-order valence-corrected chi connectivity index (χ4v) is 3.15. The van der Waals surface area contributed by atoms with Gasteiger partial charge in [-0.05, 0) is 28.7 Å². The van der Waals surface area contributed by atoms with Crippen molar-refractivity contribution in [2.45, 2.75) is 19.8 Å². The summed E-state index contributed by atoms with van der Waals surface area (Å²) in [5.74, 6) is 0.180. The van der Waals surface area contributed by atoms with Crippen LogP contribution in [0.1, 0.15) is 41.3 Å². The molecule has 144 valence electrons. The first kappa shape index (κ1) is 19.4. The summed E-state index contributed by atoms with van der Waals surface area (Å²) >= 11 is 0. The minimum Gasteiger partial charge on any atom is -0.399 e. The minimum atomic E-state index is -0.0967. The number of nitrogens with one attached hydrogen (secondary N) is 1. The van der Waals surface area contributed by atoms with E-state index in [4.69, 9.17) is 4.84 Å². The highest BCUT2D eigenvalue weighted by atomic mass is 16.6. The minimum absolute atomic E-state index is 0.0967. The number of nitrogens with zero attached hydrogens (tertiary/aromatic N) is 2. The van der Waals surface area contributed by atoms with Crippen molar-refractivity contribution in [3.8, 4) is 11.1 Å². The van der Waals surface area contributed by atoms with Crippen molar-refractivity contribution < 1.29 is 9.63 Å². The van der Waals surface area contributed by atoms with E-state index in [1.165, 1.54) is 7.11 Å². The van der Waals surface area contributed by atoms with Crippen LogP contribution in [-0.2, 0) is 11.9 Å². The number of para-hydroxylation sites is 1. The van der Waals surface area contributed by atoms with Gasteiger partial charge in [-0.25, -0.2) is 0 Å². The van der Waals surface area contributed by atoms with E-state index in [2.05, 4.69) is 24.3 Å². The van der Waals surface area contributed by atoms with Crippen molar-refractivity contribution in [1.82, 2.24) is 4.57 Å². The Labute approximate surface area is 165 Å². The van der Waals surface area contributed by atoms with Crippen LogP contribution in [0, 0.1) is 0 Å². The molecule has 1 amide bonds. The van der Waals surface area contributed by atoms with Crippen molar-refractivity contribution in [2.24, 2.45) is 12.2 Å². The lowest BCUT2D eigenvalue weighted by molar-refractivity contribution is 0.102. The predicted molar refractivity (Wildman–Crippen MR) is 114 cm³/mol. The van der Waals surface area contributed by atoms with Gasteiger partial charge in [0, 0.05) is 30.7 Å². The van der Waals surface area contributed by atoms with Gasteiger partial charge in [0.1, 0.15) is 7.11 Å². The summed E-state index contributed by atoms with van der Waals surface area (Å²) in [7, 11) is 3.45. The first-order valence-corrected chi connectivity index (χ1v) is 9.22. The maximum atomic E-state index is 13.0. The topological polar surface area (TPSA) is 55.6 Å². The molecule has 0 aliphatic rings. The smallest absolute Gasteiger partial charge is 0.257 e. The summed E-state index contributed by atoms with van der Waals surface area (Å²) in [4.78, 5) is 17.7. The number of rotatable bonds is 6. The van der Waals surface area contributed by atoms with Crippen molar-refractivity contribution in [3.05, 3.63) is 77.6 Å². The van der Waals surface area contributed by atoms with Gasteiger partial charge in [0.2, 0.25) is 0 Å². The Morgan fingerprint density at radius 1 is 1.11 bits per heavy atom. The third kappa shape index (κ3) is 4.31. The molecule has 3 rings (SSSR count). The molecule has 5 heteroatoms. The van der Waals surface area contributed by atoms with E-state index in [0.29, 0.717) is 5.56 Å². The highest BCUT2D eigenvalue weighted by molar-refractivity contribution is 6.07. The van der Waals surface area contributed by atoms with Crippen LogP contribution < -0.4 is 5.32 Å². The Morgan fingerprint density at radius 2 is 1.82 bits per heavy atom. The van der Waals surface area contributed by atoms with E-state index in [9.17, 15) is 4.79 Å². The number of amides is 1. The molecular weight excluding hydrogens is 350 g/mol. The Hall–Kier alpha value is -3.34. The van der Waals surface area contributed by atoms with Crippen molar-refractivity contribution >= 4 is 17.8 Å². The normalized spacial score (nSPS) is 11.2. The maximum absolute atomic E-state index is 13.0. The monoisotopic (exact) mass is 375 g/mol. The van der Waals surface area contributed by atoms with Crippen LogP contribution in [0.15, 0.2) is 66.1 Å². The first-order chi connectivity index (χ1) is 13.5. The van der Waals surface area contributed by atoms with E-state index >= 15 is 0 Å². The molecule has 1 N–H and O–H groups in total. The summed E-state index contributed by atoms with van der Waals surface area (Å²) < 4.78 is 1.93. The molecule has 5 nitrogen and oxygen atoms in total. The fraction of sp³-hybridized carbons (Fsp3) is 0.217. The van der Waals surface area contributed by atoms with Crippen LogP contribution in [0.4, 0.5) is 5.69 Å². The molecule has 0 bridgehead atoms. The summed E-state index contributed by atoms with van der Waals surface area (Å²) in [5, 5.41) is 6.86. The average Bonchev–Trinajstić information content (AvgIpc) is 3.09. The zero-order valence-electron chi connectivity index (χ0n) is 16.6. The molecule has 0 radical (unpaired) electrons. The van der Waals surface area contributed by atoms with E-state index < -0.39 is 0 Å². The Balaban J connectivity index is 1.89. The summed E-state index contributed by atoms with van der Waals surface area (Å²) in [5.41, 5.74) is 5.45. The molecule has 0 saturated heterocycles. The second-order valence-electron chi connectivity index (χ2n) is 6.99. The average molecular weight is 375 g/mol. The van der Waals surface area contributed by atoms with Gasteiger partial charge in [0.05, 0.1) is 11.8 Å². The molecular formula is C23H25N3O2. The van der Waals surface area contributed by atoms with Crippen LogP contribution in [0.2, 0.25) is 0 Å². The van der Waals surface area contributed by atoms with Crippen molar-refractivity contribution in [1.29, 1.82) is 0 Å². The van der Waals surface area contributed by atoms with Gasteiger partial charge < -0.3 is 14.7 Å². The van der Waals surface area contributed by atoms with Gasteiger partial charge in [0.15, 0.2) is 0 Å². The molecule has 0 aliphatic heterocycles. The number of oxime groups is 1. The number of carbonyl (C=O) groups is 1. The lowest BCUT2D eigenvalue weighted by atomic mass is 10.0. The summed E-state index contributed by atoms with van der Waals surface area (Å²) in [6.45, 7) is 4.18. The highest BCUT2D eigenvalue weighted by Gasteiger charge is 2.17. The van der Waals surface area contributed by atoms with Gasteiger partial charge in [0.25, 0.3) is 5.91 Å². The standard InChI is InChI=1S/C23H25N3O2/c1-16(2)20-14-26(3)15-21(20)23(27)25-22-8-6-5-7-19(22)18-11-9-17(10-12-18)13-24-28-4/h5-16H,1-4H3,(H,25,27). The summed E-state index contributed by atoms with van der Waals surface area (Å²) in [6, 6.07) is 15.7. The molecule has 0 fully saturated rings. The van der Waals surface area contributed by atoms with Gasteiger partial charge in [-0.1, -0.05) is 61.5 Å². The largest absolute Gasteiger partial charge is 0.399 e. The number of anilines is 1. The zero-order chi connectivity index (χ0) is 20.1. The second kappa shape index (κ2) is 8.57. The second-order valence-corrected chi connectivity index (χ2v) is 6.99. The maximum Gasteiger partial charge on any atom is 0.257 e. The van der Waals surface area contributed by atoms with Crippen LogP contribution in [-0.4, -0.2) is 23.8 Å². The van der Waals surface area contributed by atoms with Gasteiger partial charge in [-0.15, -0.1) is 0 Å². The zero-order valence-corrected chi connectivity index (χ0v) is 16.6. The number of benzene rings is 2. The molecule has 0 atom stereocenters. The predicted octanol–water partition coefficient (Wildman–Crippen LogP) is 5.05. The summed E-state index contributed by atoms with van der Waals surface area (Å²) in [6.07, 6.45) is 5.53. The third-order valence-corrected chi connectivity index (χ3v) is 4.56. The number of aryl methyl sites for hydroxylation is 1. The Bertz CT molecular complexity index is 985. The number of hydrogen-bond acceptors (Lipinski definition) is 3. The molecule has 0 unspecified atom stereocenters. The Morgan fingerprint density at radius 3 is 2.50 bits per heavy atom.